The Bertz CT molecular complexity index is 437. The highest BCUT2D eigenvalue weighted by Crippen LogP contribution is 2.40. The number of carbonyl (C=O) groups is 3. The van der Waals surface area contributed by atoms with Gasteiger partial charge in [-0.15, -0.1) is 0 Å². The minimum atomic E-state index is -1.02. The minimum absolute atomic E-state index is 0.0862. The summed E-state index contributed by atoms with van der Waals surface area (Å²) < 4.78 is 9.81. The van der Waals surface area contributed by atoms with Crippen molar-refractivity contribution in [1.29, 1.82) is 0 Å². The van der Waals surface area contributed by atoms with Crippen LogP contribution in [0.2, 0.25) is 0 Å². The van der Waals surface area contributed by atoms with E-state index >= 15 is 0 Å². The van der Waals surface area contributed by atoms with Crippen LogP contribution in [0.15, 0.2) is 0 Å². The number of hydrogen-bond acceptors (Lipinski definition) is 5. The summed E-state index contributed by atoms with van der Waals surface area (Å²) >= 11 is 0. The van der Waals surface area contributed by atoms with Crippen LogP contribution in [0.1, 0.15) is 46.0 Å². The van der Waals surface area contributed by atoms with Gasteiger partial charge in [0, 0.05) is 19.9 Å². The molecule has 1 saturated heterocycles. The first-order valence-electron chi connectivity index (χ1n) is 7.29. The fourth-order valence-corrected chi connectivity index (χ4v) is 3.40. The summed E-state index contributed by atoms with van der Waals surface area (Å²) in [6.45, 7) is 2.65. The van der Waals surface area contributed by atoms with Gasteiger partial charge in [-0.1, -0.05) is 12.8 Å². The zero-order valence-corrected chi connectivity index (χ0v) is 12.3. The van der Waals surface area contributed by atoms with E-state index in [1.807, 2.05) is 0 Å². The molecule has 0 radical (unpaired) electrons. The average molecular weight is 299 g/mol. The van der Waals surface area contributed by atoms with Gasteiger partial charge in [0.25, 0.3) is 0 Å². The monoisotopic (exact) mass is 299 g/mol. The molecule has 21 heavy (non-hydrogen) atoms. The van der Waals surface area contributed by atoms with Gasteiger partial charge in [0.15, 0.2) is 0 Å². The van der Waals surface area contributed by atoms with Crippen molar-refractivity contribution in [1.82, 2.24) is 4.90 Å². The van der Waals surface area contributed by atoms with Gasteiger partial charge in [-0.2, -0.15) is 0 Å². The molecule has 1 heterocycles. The van der Waals surface area contributed by atoms with E-state index in [-0.39, 0.29) is 12.0 Å². The van der Waals surface area contributed by atoms with Crippen LogP contribution in [-0.4, -0.2) is 46.4 Å². The second kappa shape index (κ2) is 6.32. The first-order valence-corrected chi connectivity index (χ1v) is 7.29. The van der Waals surface area contributed by atoms with E-state index in [9.17, 15) is 19.5 Å². The minimum Gasteiger partial charge on any atom is -0.480 e. The number of aliphatic carboxylic acids is 1. The average Bonchev–Trinajstić information content (AvgIpc) is 2.76. The molecule has 0 aromatic rings. The molecular formula is C14H21NO6. The van der Waals surface area contributed by atoms with Gasteiger partial charge in [0.05, 0.1) is 0 Å². The molecule has 1 saturated carbocycles. The van der Waals surface area contributed by atoms with E-state index in [1.165, 1.54) is 18.7 Å². The van der Waals surface area contributed by atoms with Gasteiger partial charge < -0.3 is 14.6 Å². The standard InChI is InChI=1S/C14H21NO6/c1-8(16)20-9(2)21-14(19)15-11-6-4-3-5-10(11)7-12(15)13(17)18/h9-12H,3-7H2,1-2H3,(H,17,18)/t9-,10+,11+,12+/m1/s1. The molecule has 118 valence electrons. The number of hydrogen-bond donors (Lipinski definition) is 1. The summed E-state index contributed by atoms with van der Waals surface area (Å²) in [6, 6.07) is -0.938. The largest absolute Gasteiger partial charge is 0.480 e. The maximum absolute atomic E-state index is 12.3. The van der Waals surface area contributed by atoms with Crippen LogP contribution in [0.5, 0.6) is 0 Å². The summed E-state index contributed by atoms with van der Waals surface area (Å²) in [7, 11) is 0. The Balaban J connectivity index is 2.07. The molecule has 7 heteroatoms. The summed E-state index contributed by atoms with van der Waals surface area (Å²) in [5.41, 5.74) is 0. The van der Waals surface area contributed by atoms with Crippen LogP contribution in [0, 0.1) is 5.92 Å². The molecule has 7 nitrogen and oxygen atoms in total. The predicted molar refractivity (Wildman–Crippen MR) is 71.3 cm³/mol. The summed E-state index contributed by atoms with van der Waals surface area (Å²) in [6.07, 6.45) is 2.52. The van der Waals surface area contributed by atoms with Crippen molar-refractivity contribution in [2.24, 2.45) is 5.92 Å². The van der Waals surface area contributed by atoms with E-state index in [1.54, 1.807) is 0 Å². The molecule has 0 spiro atoms. The van der Waals surface area contributed by atoms with Crippen molar-refractivity contribution in [3.63, 3.8) is 0 Å². The van der Waals surface area contributed by atoms with E-state index < -0.39 is 30.4 Å². The first-order chi connectivity index (χ1) is 9.90. The van der Waals surface area contributed by atoms with Crippen LogP contribution in [-0.2, 0) is 19.1 Å². The fourth-order valence-electron chi connectivity index (χ4n) is 3.40. The Morgan fingerprint density at radius 1 is 1.19 bits per heavy atom. The number of amides is 1. The van der Waals surface area contributed by atoms with Gasteiger partial charge >= 0.3 is 18.0 Å². The van der Waals surface area contributed by atoms with E-state index in [0.717, 1.165) is 25.7 Å². The Morgan fingerprint density at radius 3 is 2.48 bits per heavy atom. The molecule has 4 atom stereocenters. The Labute approximate surface area is 123 Å². The zero-order valence-electron chi connectivity index (χ0n) is 12.3. The molecule has 0 aromatic heterocycles. The normalized spacial score (nSPS) is 29.4. The second-order valence-corrected chi connectivity index (χ2v) is 5.67. The van der Waals surface area contributed by atoms with E-state index in [0.29, 0.717) is 6.42 Å². The highest BCUT2D eigenvalue weighted by Gasteiger charge is 2.48. The molecule has 1 amide bonds. The third-order valence-electron chi connectivity index (χ3n) is 4.18. The Morgan fingerprint density at radius 2 is 1.86 bits per heavy atom. The Hall–Kier alpha value is -1.79. The van der Waals surface area contributed by atoms with Crippen LogP contribution in [0.4, 0.5) is 4.79 Å². The van der Waals surface area contributed by atoms with Crippen molar-refractivity contribution in [2.45, 2.75) is 64.3 Å². The maximum Gasteiger partial charge on any atom is 0.413 e. The molecule has 2 rings (SSSR count). The topological polar surface area (TPSA) is 93.1 Å². The highest BCUT2D eigenvalue weighted by atomic mass is 16.7. The zero-order chi connectivity index (χ0) is 15.6. The third-order valence-corrected chi connectivity index (χ3v) is 4.18. The van der Waals surface area contributed by atoms with Crippen molar-refractivity contribution in [2.75, 3.05) is 0 Å². The molecule has 0 unspecified atom stereocenters. The highest BCUT2D eigenvalue weighted by molar-refractivity contribution is 5.81. The molecule has 2 aliphatic rings. The maximum atomic E-state index is 12.3. The Kier molecular flexibility index (Phi) is 4.69. The lowest BCUT2D eigenvalue weighted by Gasteiger charge is -2.32. The number of ether oxygens (including phenoxy) is 2. The number of carboxylic acids is 1. The smallest absolute Gasteiger partial charge is 0.413 e. The third kappa shape index (κ3) is 3.46. The van der Waals surface area contributed by atoms with Crippen molar-refractivity contribution < 1.29 is 29.0 Å². The predicted octanol–water partition coefficient (Wildman–Crippen LogP) is 1.75. The lowest BCUT2D eigenvalue weighted by molar-refractivity contribution is -0.164. The second-order valence-electron chi connectivity index (χ2n) is 5.67. The van der Waals surface area contributed by atoms with Crippen molar-refractivity contribution in [3.8, 4) is 0 Å². The van der Waals surface area contributed by atoms with E-state index in [2.05, 4.69) is 0 Å². The molecule has 0 aromatic carbocycles. The first kappa shape index (κ1) is 15.6. The molecule has 1 aliphatic carbocycles. The number of carbonyl (C=O) groups excluding carboxylic acids is 2. The summed E-state index contributed by atoms with van der Waals surface area (Å²) in [5.74, 6) is -1.35. The lowest BCUT2D eigenvalue weighted by atomic mass is 9.85. The lowest BCUT2D eigenvalue weighted by Crippen LogP contribution is -2.47. The molecule has 0 bridgehead atoms. The number of esters is 1. The number of carboxylic acid groups (broad SMARTS) is 1. The molecular weight excluding hydrogens is 278 g/mol. The molecule has 1 N–H and O–H groups in total. The van der Waals surface area contributed by atoms with Crippen LogP contribution in [0.3, 0.4) is 0 Å². The van der Waals surface area contributed by atoms with Gasteiger partial charge in [-0.3, -0.25) is 9.69 Å². The van der Waals surface area contributed by atoms with Crippen LogP contribution < -0.4 is 0 Å². The number of likely N-dealkylation sites (tertiary alicyclic amines) is 1. The number of rotatable bonds is 3. The number of fused-ring (bicyclic) bond motifs is 1. The van der Waals surface area contributed by atoms with Crippen LogP contribution in [0.25, 0.3) is 0 Å². The van der Waals surface area contributed by atoms with Gasteiger partial charge in [-0.25, -0.2) is 9.59 Å². The molecule has 1 aliphatic heterocycles. The van der Waals surface area contributed by atoms with Gasteiger partial charge in [0.1, 0.15) is 6.04 Å². The van der Waals surface area contributed by atoms with Gasteiger partial charge in [-0.05, 0) is 25.2 Å². The quantitative estimate of drug-likeness (QED) is 0.630. The SMILES string of the molecule is CC(=O)O[C@@H](C)OC(=O)N1[C@H](C(=O)O)C[C@@H]2CCCC[C@@H]21. The summed E-state index contributed by atoms with van der Waals surface area (Å²) in [5, 5.41) is 9.32. The summed E-state index contributed by atoms with van der Waals surface area (Å²) in [4.78, 5) is 35.8. The van der Waals surface area contributed by atoms with Crippen molar-refractivity contribution >= 4 is 18.0 Å². The van der Waals surface area contributed by atoms with Crippen LogP contribution >= 0.6 is 0 Å². The number of nitrogens with zero attached hydrogens (tertiary/aromatic N) is 1. The fraction of sp³-hybridized carbons (Fsp3) is 0.786. The van der Waals surface area contributed by atoms with Crippen molar-refractivity contribution in [3.05, 3.63) is 0 Å². The van der Waals surface area contributed by atoms with E-state index in [4.69, 9.17) is 9.47 Å². The molecule has 2 fully saturated rings. The van der Waals surface area contributed by atoms with Gasteiger partial charge in [0.2, 0.25) is 6.29 Å².